The van der Waals surface area contributed by atoms with Gasteiger partial charge in [-0.3, -0.25) is 4.79 Å². The van der Waals surface area contributed by atoms with Gasteiger partial charge in [0.15, 0.2) is 0 Å². The van der Waals surface area contributed by atoms with Crippen LogP contribution in [0.5, 0.6) is 0 Å². The van der Waals surface area contributed by atoms with Crippen LogP contribution < -0.4 is 0 Å². The SMILES string of the molecule is O=C(O)C1Cc2ccccc2CN1C(=O)c1cc(Br)c[nH]1. The number of carbonyl (C=O) groups excluding carboxylic acids is 1. The number of hydrogen-bond donors (Lipinski definition) is 2. The third kappa shape index (κ3) is 2.58. The van der Waals surface area contributed by atoms with Gasteiger partial charge < -0.3 is 15.0 Å². The van der Waals surface area contributed by atoms with Gasteiger partial charge in [0.1, 0.15) is 11.7 Å². The summed E-state index contributed by atoms with van der Waals surface area (Å²) in [6, 6.07) is 8.44. The number of nitrogens with one attached hydrogen (secondary N) is 1. The summed E-state index contributed by atoms with van der Waals surface area (Å²) >= 11 is 3.28. The first-order valence-electron chi connectivity index (χ1n) is 6.50. The van der Waals surface area contributed by atoms with Crippen LogP contribution in [0.4, 0.5) is 0 Å². The van der Waals surface area contributed by atoms with E-state index in [1.165, 1.54) is 4.90 Å². The number of amides is 1. The second-order valence-corrected chi connectivity index (χ2v) is 5.91. The Morgan fingerprint density at radius 2 is 2.00 bits per heavy atom. The van der Waals surface area contributed by atoms with Gasteiger partial charge in [-0.2, -0.15) is 0 Å². The Balaban J connectivity index is 1.96. The molecule has 3 rings (SSSR count). The maximum atomic E-state index is 12.5. The van der Waals surface area contributed by atoms with Crippen molar-refractivity contribution in [2.24, 2.45) is 0 Å². The van der Waals surface area contributed by atoms with Crippen LogP contribution in [0, 0.1) is 0 Å². The third-order valence-electron chi connectivity index (χ3n) is 3.67. The number of aliphatic carboxylic acids is 1. The van der Waals surface area contributed by atoms with Gasteiger partial charge in [0.25, 0.3) is 5.91 Å². The van der Waals surface area contributed by atoms with Gasteiger partial charge in [0.2, 0.25) is 0 Å². The molecular weight excluding hydrogens is 336 g/mol. The van der Waals surface area contributed by atoms with Crippen molar-refractivity contribution in [3.8, 4) is 0 Å². The number of carboxylic acids is 1. The number of halogens is 1. The van der Waals surface area contributed by atoms with Crippen molar-refractivity contribution in [2.75, 3.05) is 0 Å². The lowest BCUT2D eigenvalue weighted by Gasteiger charge is -2.34. The number of fused-ring (bicyclic) bond motifs is 1. The molecule has 1 atom stereocenters. The lowest BCUT2D eigenvalue weighted by atomic mass is 9.93. The van der Waals surface area contributed by atoms with E-state index < -0.39 is 12.0 Å². The smallest absolute Gasteiger partial charge is 0.326 e. The number of benzene rings is 1. The van der Waals surface area contributed by atoms with Crippen LogP contribution in [-0.2, 0) is 17.8 Å². The van der Waals surface area contributed by atoms with E-state index in [0.29, 0.717) is 18.7 Å². The molecule has 1 aliphatic heterocycles. The first kappa shape index (κ1) is 13.9. The van der Waals surface area contributed by atoms with Crippen molar-refractivity contribution < 1.29 is 14.7 Å². The van der Waals surface area contributed by atoms with Gasteiger partial charge in [0.05, 0.1) is 0 Å². The zero-order chi connectivity index (χ0) is 15.0. The summed E-state index contributed by atoms with van der Waals surface area (Å²) in [6.45, 7) is 0.308. The molecule has 0 saturated carbocycles. The van der Waals surface area contributed by atoms with Gasteiger partial charge in [-0.05, 0) is 33.1 Å². The molecule has 0 bridgehead atoms. The molecule has 1 amide bonds. The zero-order valence-corrected chi connectivity index (χ0v) is 12.6. The summed E-state index contributed by atoms with van der Waals surface area (Å²) in [6.07, 6.45) is 1.99. The summed E-state index contributed by atoms with van der Waals surface area (Å²) in [7, 11) is 0. The molecule has 6 heteroatoms. The van der Waals surface area contributed by atoms with Crippen LogP contribution in [0.1, 0.15) is 21.6 Å². The average Bonchev–Trinajstić information content (AvgIpc) is 2.91. The van der Waals surface area contributed by atoms with Gasteiger partial charge in [-0.15, -0.1) is 0 Å². The van der Waals surface area contributed by atoms with Crippen LogP contribution in [-0.4, -0.2) is 32.9 Å². The van der Waals surface area contributed by atoms with Gasteiger partial charge in [-0.25, -0.2) is 4.79 Å². The highest BCUT2D eigenvalue weighted by Crippen LogP contribution is 2.25. The van der Waals surface area contributed by atoms with Crippen LogP contribution in [0.25, 0.3) is 0 Å². The average molecular weight is 349 g/mol. The molecule has 1 unspecified atom stereocenters. The number of aromatic amines is 1. The zero-order valence-electron chi connectivity index (χ0n) is 11.0. The Hall–Kier alpha value is -2.08. The minimum atomic E-state index is -0.983. The molecule has 0 fully saturated rings. The largest absolute Gasteiger partial charge is 0.480 e. The summed E-state index contributed by atoms with van der Waals surface area (Å²) in [5, 5.41) is 9.42. The van der Waals surface area contributed by atoms with E-state index in [1.807, 2.05) is 24.3 Å². The van der Waals surface area contributed by atoms with Gasteiger partial charge in [-0.1, -0.05) is 24.3 Å². The fraction of sp³-hybridized carbons (Fsp3) is 0.200. The van der Waals surface area contributed by atoms with Crippen LogP contribution in [0.2, 0.25) is 0 Å². The molecule has 2 N–H and O–H groups in total. The number of H-pyrrole nitrogens is 1. The second kappa shape index (κ2) is 5.37. The van der Waals surface area contributed by atoms with Crippen LogP contribution in [0.15, 0.2) is 41.0 Å². The number of rotatable bonds is 2. The van der Waals surface area contributed by atoms with Gasteiger partial charge in [0, 0.05) is 23.6 Å². The predicted octanol–water partition coefficient (Wildman–Crippen LogP) is 2.43. The standard InChI is InChI=1S/C15H13BrN2O3/c16-11-6-12(17-7-11)14(19)18-8-10-4-2-1-3-9(10)5-13(18)15(20)21/h1-4,6-7,13,17H,5,8H2,(H,20,21). The van der Waals surface area contributed by atoms with Crippen molar-refractivity contribution in [1.29, 1.82) is 0 Å². The Morgan fingerprint density at radius 3 is 2.62 bits per heavy atom. The Labute approximate surface area is 129 Å². The highest BCUT2D eigenvalue weighted by atomic mass is 79.9. The Morgan fingerprint density at radius 1 is 1.29 bits per heavy atom. The molecule has 1 aliphatic rings. The van der Waals surface area contributed by atoms with E-state index in [9.17, 15) is 14.7 Å². The number of aromatic nitrogens is 1. The highest BCUT2D eigenvalue weighted by Gasteiger charge is 2.35. The molecule has 0 aliphatic carbocycles. The molecule has 108 valence electrons. The van der Waals surface area contributed by atoms with E-state index in [2.05, 4.69) is 20.9 Å². The van der Waals surface area contributed by atoms with Gasteiger partial charge >= 0.3 is 5.97 Å². The minimum Gasteiger partial charge on any atom is -0.480 e. The molecule has 21 heavy (non-hydrogen) atoms. The summed E-state index contributed by atoms with van der Waals surface area (Å²) < 4.78 is 0.759. The summed E-state index contributed by atoms with van der Waals surface area (Å²) in [5.41, 5.74) is 2.36. The normalized spacial score (nSPS) is 17.4. The molecule has 0 saturated heterocycles. The summed E-state index contributed by atoms with van der Waals surface area (Å²) in [5.74, 6) is -1.29. The number of hydrogen-bond acceptors (Lipinski definition) is 2. The number of carboxylic acid groups (broad SMARTS) is 1. The monoisotopic (exact) mass is 348 g/mol. The highest BCUT2D eigenvalue weighted by molar-refractivity contribution is 9.10. The predicted molar refractivity (Wildman–Crippen MR) is 79.9 cm³/mol. The van der Waals surface area contributed by atoms with E-state index in [0.717, 1.165) is 15.6 Å². The van der Waals surface area contributed by atoms with Crippen molar-refractivity contribution in [2.45, 2.75) is 19.0 Å². The molecule has 0 spiro atoms. The lowest BCUT2D eigenvalue weighted by Crippen LogP contribution is -2.48. The van der Waals surface area contributed by atoms with Crippen LogP contribution in [0.3, 0.4) is 0 Å². The second-order valence-electron chi connectivity index (χ2n) is 4.99. The van der Waals surface area contributed by atoms with Crippen molar-refractivity contribution in [3.63, 3.8) is 0 Å². The topological polar surface area (TPSA) is 73.4 Å². The van der Waals surface area contributed by atoms with Crippen LogP contribution >= 0.6 is 15.9 Å². The molecule has 2 heterocycles. The van der Waals surface area contributed by atoms with E-state index in [4.69, 9.17) is 0 Å². The fourth-order valence-electron chi connectivity index (χ4n) is 2.60. The minimum absolute atomic E-state index is 0.303. The maximum absolute atomic E-state index is 12.5. The molecule has 5 nitrogen and oxygen atoms in total. The quantitative estimate of drug-likeness (QED) is 0.875. The molecule has 1 aromatic heterocycles. The van der Waals surface area contributed by atoms with E-state index in [-0.39, 0.29) is 5.91 Å². The lowest BCUT2D eigenvalue weighted by molar-refractivity contribution is -0.142. The maximum Gasteiger partial charge on any atom is 0.326 e. The molecule has 0 radical (unpaired) electrons. The Bertz CT molecular complexity index is 710. The van der Waals surface area contributed by atoms with Crippen molar-refractivity contribution >= 4 is 27.8 Å². The summed E-state index contributed by atoms with van der Waals surface area (Å²) in [4.78, 5) is 28.3. The Kier molecular flexibility index (Phi) is 3.55. The van der Waals surface area contributed by atoms with E-state index in [1.54, 1.807) is 12.3 Å². The molecule has 1 aromatic carbocycles. The van der Waals surface area contributed by atoms with Crippen molar-refractivity contribution in [1.82, 2.24) is 9.88 Å². The van der Waals surface area contributed by atoms with E-state index >= 15 is 0 Å². The molecular formula is C15H13BrN2O3. The molecule has 2 aromatic rings. The fourth-order valence-corrected chi connectivity index (χ4v) is 2.95. The number of carbonyl (C=O) groups is 2. The number of nitrogens with zero attached hydrogens (tertiary/aromatic N) is 1. The first-order chi connectivity index (χ1) is 10.1. The first-order valence-corrected chi connectivity index (χ1v) is 7.30. The third-order valence-corrected chi connectivity index (χ3v) is 4.13. The van der Waals surface area contributed by atoms with Crippen molar-refractivity contribution in [3.05, 3.63) is 57.8 Å².